The highest BCUT2D eigenvalue weighted by atomic mass is 14.9. The van der Waals surface area contributed by atoms with Gasteiger partial charge in [-0.3, -0.25) is 0 Å². The highest BCUT2D eigenvalue weighted by Crippen LogP contribution is 2.17. The Morgan fingerprint density at radius 2 is 1.93 bits per heavy atom. The molecule has 15 heavy (non-hydrogen) atoms. The van der Waals surface area contributed by atoms with Crippen molar-refractivity contribution < 1.29 is 0 Å². The van der Waals surface area contributed by atoms with Crippen LogP contribution in [-0.4, -0.2) is 9.97 Å². The fourth-order valence-corrected chi connectivity index (χ4v) is 1.42. The molecule has 0 radical (unpaired) electrons. The molecule has 1 aromatic carbocycles. The molecule has 1 aromatic heterocycles. The zero-order valence-electron chi connectivity index (χ0n) is 8.64. The lowest BCUT2D eigenvalue weighted by molar-refractivity contribution is 1.06. The normalized spacial score (nSPS) is 10.2. The van der Waals surface area contributed by atoms with Crippen molar-refractivity contribution in [2.75, 3.05) is 5.73 Å². The Kier molecular flexibility index (Phi) is 2.63. The van der Waals surface area contributed by atoms with E-state index in [1.807, 2.05) is 37.3 Å². The summed E-state index contributed by atoms with van der Waals surface area (Å²) < 4.78 is 0. The van der Waals surface area contributed by atoms with Crippen molar-refractivity contribution in [3.63, 3.8) is 0 Å². The lowest BCUT2D eigenvalue weighted by Crippen LogP contribution is -2.00. The second kappa shape index (κ2) is 4.09. The van der Waals surface area contributed by atoms with Crippen LogP contribution in [0.1, 0.15) is 12.5 Å². The predicted octanol–water partition coefficient (Wildman–Crippen LogP) is 2.29. The minimum Gasteiger partial charge on any atom is -0.383 e. The molecule has 0 bridgehead atoms. The summed E-state index contributed by atoms with van der Waals surface area (Å²) in [4.78, 5) is 8.57. The number of hydrogen-bond acceptors (Lipinski definition) is 3. The van der Waals surface area contributed by atoms with Crippen LogP contribution in [0.25, 0.3) is 11.4 Å². The first-order valence-electron chi connectivity index (χ1n) is 4.98. The quantitative estimate of drug-likeness (QED) is 0.807. The van der Waals surface area contributed by atoms with E-state index in [9.17, 15) is 0 Å². The zero-order chi connectivity index (χ0) is 10.7. The maximum atomic E-state index is 5.82. The number of nitrogens with zero attached hydrogens (tertiary/aromatic N) is 2. The summed E-state index contributed by atoms with van der Waals surface area (Å²) in [5, 5.41) is 0. The van der Waals surface area contributed by atoms with Gasteiger partial charge in [-0.05, 0) is 6.42 Å². The van der Waals surface area contributed by atoms with Crippen LogP contribution in [0.3, 0.4) is 0 Å². The second-order valence-corrected chi connectivity index (χ2v) is 3.32. The van der Waals surface area contributed by atoms with E-state index in [0.717, 1.165) is 17.5 Å². The highest BCUT2D eigenvalue weighted by molar-refractivity contribution is 5.57. The van der Waals surface area contributed by atoms with E-state index < -0.39 is 0 Å². The summed E-state index contributed by atoms with van der Waals surface area (Å²) in [6, 6.07) is 9.83. The molecule has 3 nitrogen and oxygen atoms in total. The largest absolute Gasteiger partial charge is 0.383 e. The van der Waals surface area contributed by atoms with E-state index in [1.165, 1.54) is 0 Å². The molecule has 2 N–H and O–H groups in total. The van der Waals surface area contributed by atoms with Crippen molar-refractivity contribution in [2.45, 2.75) is 13.3 Å². The average Bonchev–Trinajstić information content (AvgIpc) is 2.30. The number of nitrogen functional groups attached to an aromatic ring is 1. The summed E-state index contributed by atoms with van der Waals surface area (Å²) in [5.41, 5.74) is 7.81. The van der Waals surface area contributed by atoms with Crippen LogP contribution in [0, 0.1) is 0 Å². The Balaban J connectivity index is 2.43. The van der Waals surface area contributed by atoms with E-state index in [0.29, 0.717) is 11.6 Å². The molecule has 0 aliphatic carbocycles. The molecule has 0 aliphatic heterocycles. The molecule has 0 unspecified atom stereocenters. The van der Waals surface area contributed by atoms with Crippen LogP contribution in [0.15, 0.2) is 36.5 Å². The summed E-state index contributed by atoms with van der Waals surface area (Å²) in [6.07, 6.45) is 2.66. The molecule has 0 spiro atoms. The molecule has 0 amide bonds. The van der Waals surface area contributed by atoms with Crippen molar-refractivity contribution in [3.05, 3.63) is 42.1 Å². The van der Waals surface area contributed by atoms with Crippen LogP contribution >= 0.6 is 0 Å². The summed E-state index contributed by atoms with van der Waals surface area (Å²) in [5.74, 6) is 1.26. The number of nitrogens with two attached hydrogens (primary N) is 1. The molecule has 0 saturated heterocycles. The number of hydrogen-bond donors (Lipinski definition) is 1. The first kappa shape index (κ1) is 9.65. The average molecular weight is 199 g/mol. The van der Waals surface area contributed by atoms with Crippen molar-refractivity contribution in [2.24, 2.45) is 0 Å². The number of aryl methyl sites for hydroxylation is 1. The van der Waals surface area contributed by atoms with Crippen molar-refractivity contribution in [1.29, 1.82) is 0 Å². The number of rotatable bonds is 2. The SMILES string of the molecule is CCc1cnc(-c2ccccc2)nc1N. The predicted molar refractivity (Wildman–Crippen MR) is 61.3 cm³/mol. The fraction of sp³-hybridized carbons (Fsp3) is 0.167. The van der Waals surface area contributed by atoms with Gasteiger partial charge in [-0.1, -0.05) is 37.3 Å². The molecule has 0 aliphatic rings. The molecule has 0 atom stereocenters. The van der Waals surface area contributed by atoms with Gasteiger partial charge in [0.15, 0.2) is 5.82 Å². The van der Waals surface area contributed by atoms with E-state index in [-0.39, 0.29) is 0 Å². The summed E-state index contributed by atoms with van der Waals surface area (Å²) in [7, 11) is 0. The second-order valence-electron chi connectivity index (χ2n) is 3.32. The van der Waals surface area contributed by atoms with Crippen molar-refractivity contribution in [3.8, 4) is 11.4 Å². The minimum atomic E-state index is 0.575. The molecule has 2 aromatic rings. The maximum Gasteiger partial charge on any atom is 0.161 e. The van der Waals surface area contributed by atoms with Gasteiger partial charge in [0.25, 0.3) is 0 Å². The molecule has 0 fully saturated rings. The van der Waals surface area contributed by atoms with Gasteiger partial charge in [0.2, 0.25) is 0 Å². The van der Waals surface area contributed by atoms with Gasteiger partial charge in [-0.25, -0.2) is 9.97 Å². The van der Waals surface area contributed by atoms with Crippen LogP contribution < -0.4 is 5.73 Å². The topological polar surface area (TPSA) is 51.8 Å². The molecular formula is C12H13N3. The van der Waals surface area contributed by atoms with E-state index in [4.69, 9.17) is 5.73 Å². The Labute approximate surface area is 89.0 Å². The Hall–Kier alpha value is -1.90. The zero-order valence-corrected chi connectivity index (χ0v) is 8.64. The molecule has 2 rings (SSSR count). The van der Waals surface area contributed by atoms with Gasteiger partial charge in [-0.2, -0.15) is 0 Å². The van der Waals surface area contributed by atoms with Gasteiger partial charge in [-0.15, -0.1) is 0 Å². The minimum absolute atomic E-state index is 0.575. The van der Waals surface area contributed by atoms with Crippen molar-refractivity contribution >= 4 is 5.82 Å². The molecule has 3 heteroatoms. The molecule has 1 heterocycles. The van der Waals surface area contributed by atoms with Gasteiger partial charge in [0, 0.05) is 17.3 Å². The Morgan fingerprint density at radius 1 is 1.20 bits per heavy atom. The lowest BCUT2D eigenvalue weighted by Gasteiger charge is -2.04. The van der Waals surface area contributed by atoms with Crippen LogP contribution in [-0.2, 0) is 6.42 Å². The summed E-state index contributed by atoms with van der Waals surface area (Å²) >= 11 is 0. The third-order valence-electron chi connectivity index (χ3n) is 2.31. The number of anilines is 1. The Bertz CT molecular complexity index is 452. The molecular weight excluding hydrogens is 186 g/mol. The van der Waals surface area contributed by atoms with E-state index in [1.54, 1.807) is 6.20 Å². The molecule has 0 saturated carbocycles. The summed E-state index contributed by atoms with van der Waals surface area (Å²) in [6.45, 7) is 2.04. The van der Waals surface area contributed by atoms with Gasteiger partial charge in [0.1, 0.15) is 5.82 Å². The van der Waals surface area contributed by atoms with Crippen molar-refractivity contribution in [1.82, 2.24) is 9.97 Å². The van der Waals surface area contributed by atoms with Crippen LogP contribution in [0.2, 0.25) is 0 Å². The first-order chi connectivity index (χ1) is 7.31. The van der Waals surface area contributed by atoms with E-state index in [2.05, 4.69) is 9.97 Å². The number of aromatic nitrogens is 2. The third kappa shape index (κ3) is 1.96. The third-order valence-corrected chi connectivity index (χ3v) is 2.31. The number of benzene rings is 1. The lowest BCUT2D eigenvalue weighted by atomic mass is 10.2. The first-order valence-corrected chi connectivity index (χ1v) is 4.98. The molecule has 76 valence electrons. The van der Waals surface area contributed by atoms with Gasteiger partial charge < -0.3 is 5.73 Å². The highest BCUT2D eigenvalue weighted by Gasteiger charge is 2.03. The smallest absolute Gasteiger partial charge is 0.161 e. The van der Waals surface area contributed by atoms with Gasteiger partial charge >= 0.3 is 0 Å². The van der Waals surface area contributed by atoms with E-state index >= 15 is 0 Å². The fourth-order valence-electron chi connectivity index (χ4n) is 1.42. The van der Waals surface area contributed by atoms with Crippen LogP contribution in [0.4, 0.5) is 5.82 Å². The monoisotopic (exact) mass is 199 g/mol. The van der Waals surface area contributed by atoms with Gasteiger partial charge in [0.05, 0.1) is 0 Å². The Morgan fingerprint density at radius 3 is 2.53 bits per heavy atom. The maximum absolute atomic E-state index is 5.82. The van der Waals surface area contributed by atoms with Crippen LogP contribution in [0.5, 0.6) is 0 Å². The standard InChI is InChI=1S/C12H13N3/c1-2-9-8-14-12(15-11(9)13)10-6-4-3-5-7-10/h3-8H,2H2,1H3,(H2,13,14,15).